The van der Waals surface area contributed by atoms with E-state index in [1.54, 1.807) is 11.4 Å². The van der Waals surface area contributed by atoms with E-state index in [1.165, 1.54) is 11.3 Å². The van der Waals surface area contributed by atoms with Crippen molar-refractivity contribution in [3.63, 3.8) is 0 Å². The Balaban J connectivity index is 1.60. The first-order chi connectivity index (χ1) is 15.0. The average Bonchev–Trinajstić information content (AvgIpc) is 3.18. The Morgan fingerprint density at radius 1 is 1.16 bits per heavy atom. The molecule has 1 aliphatic rings. The van der Waals surface area contributed by atoms with Gasteiger partial charge in [-0.3, -0.25) is 15.0 Å². The van der Waals surface area contributed by atoms with Crippen molar-refractivity contribution in [2.45, 2.75) is 43.7 Å². The summed E-state index contributed by atoms with van der Waals surface area (Å²) in [5.74, 6) is -0.978. The normalized spacial score (nSPS) is 16.3. The highest BCUT2D eigenvalue weighted by Gasteiger charge is 2.28. The zero-order valence-electron chi connectivity index (χ0n) is 17.1. The summed E-state index contributed by atoms with van der Waals surface area (Å²) in [4.78, 5) is 27.4. The molecule has 3 N–H and O–H groups in total. The maximum atomic E-state index is 12.4. The largest absolute Gasteiger partial charge is 0.405 e. The fraction of sp³-hybridized carbons (Fsp3) is 0.400. The molecule has 1 atom stereocenters. The van der Waals surface area contributed by atoms with Crippen LogP contribution in [0.2, 0.25) is 0 Å². The van der Waals surface area contributed by atoms with Gasteiger partial charge in [-0.15, -0.1) is 16.2 Å². The third kappa shape index (κ3) is 6.08. The van der Waals surface area contributed by atoms with Crippen LogP contribution >= 0.6 is 11.3 Å². The molecule has 0 aliphatic heterocycles. The van der Waals surface area contributed by atoms with Gasteiger partial charge < -0.3 is 5.32 Å². The first kappa shape index (κ1) is 24.2. The number of sulfonamides is 1. The predicted molar refractivity (Wildman–Crippen MR) is 113 cm³/mol. The number of fused-ring (bicyclic) bond motifs is 1. The molecule has 174 valence electrons. The van der Waals surface area contributed by atoms with E-state index in [0.717, 1.165) is 60.4 Å². The molecule has 0 radical (unpaired) electrons. The number of hydrogen-bond acceptors (Lipinski definition) is 5. The van der Waals surface area contributed by atoms with Crippen molar-refractivity contribution >= 4 is 33.2 Å². The lowest BCUT2D eigenvalue weighted by Crippen LogP contribution is -2.41. The van der Waals surface area contributed by atoms with Crippen LogP contribution < -0.4 is 15.6 Å². The number of nitrogens with one attached hydrogen (secondary N) is 3. The van der Waals surface area contributed by atoms with Crippen molar-refractivity contribution < 1.29 is 31.2 Å². The van der Waals surface area contributed by atoms with Gasteiger partial charge in [0, 0.05) is 10.4 Å². The second kappa shape index (κ2) is 9.59. The first-order valence-electron chi connectivity index (χ1n) is 9.87. The Morgan fingerprint density at radius 2 is 1.84 bits per heavy atom. The molecule has 12 heteroatoms. The second-order valence-corrected chi connectivity index (χ2v) is 10.3. The summed E-state index contributed by atoms with van der Waals surface area (Å²) in [6, 6.07) is 6.08. The number of amides is 2. The molecule has 0 fully saturated rings. The van der Waals surface area contributed by atoms with Gasteiger partial charge in [0.2, 0.25) is 0 Å². The van der Waals surface area contributed by atoms with Crippen LogP contribution in [0.15, 0.2) is 35.2 Å². The van der Waals surface area contributed by atoms with Crippen LogP contribution in [0.1, 0.15) is 50.2 Å². The lowest BCUT2D eigenvalue weighted by molar-refractivity contribution is -0.123. The lowest BCUT2D eigenvalue weighted by atomic mass is 9.87. The molecular weight excluding hydrogens is 467 g/mol. The van der Waals surface area contributed by atoms with Gasteiger partial charge in [0.25, 0.3) is 21.8 Å². The minimum Gasteiger partial charge on any atom is -0.343 e. The molecule has 0 spiro atoms. The molecule has 0 unspecified atom stereocenters. The highest BCUT2D eigenvalue weighted by molar-refractivity contribution is 7.89. The summed E-state index contributed by atoms with van der Waals surface area (Å²) < 4.78 is 61.4. The Morgan fingerprint density at radius 3 is 2.47 bits per heavy atom. The molecule has 1 aromatic carbocycles. The van der Waals surface area contributed by atoms with Crippen molar-refractivity contribution in [1.82, 2.24) is 15.6 Å². The van der Waals surface area contributed by atoms with E-state index in [9.17, 15) is 31.2 Å². The van der Waals surface area contributed by atoms with E-state index in [1.807, 2.05) is 4.83 Å². The first-order valence-corrected chi connectivity index (χ1v) is 12.2. The van der Waals surface area contributed by atoms with Crippen LogP contribution in [-0.4, -0.2) is 33.0 Å². The monoisotopic (exact) mass is 489 g/mol. The van der Waals surface area contributed by atoms with Gasteiger partial charge in [0.1, 0.15) is 6.54 Å². The number of halogens is 3. The number of thiophene rings is 1. The van der Waals surface area contributed by atoms with Gasteiger partial charge in [0.15, 0.2) is 0 Å². The lowest BCUT2D eigenvalue weighted by Gasteiger charge is -2.19. The number of hydrazine groups is 1. The second-order valence-electron chi connectivity index (χ2n) is 7.46. The number of alkyl halides is 3. The van der Waals surface area contributed by atoms with Crippen LogP contribution in [0, 0.1) is 5.92 Å². The van der Waals surface area contributed by atoms with Crippen LogP contribution in [0.4, 0.5) is 13.2 Å². The van der Waals surface area contributed by atoms with Crippen molar-refractivity contribution in [2.24, 2.45) is 5.92 Å². The van der Waals surface area contributed by atoms with Crippen LogP contribution in [0.3, 0.4) is 0 Å². The van der Waals surface area contributed by atoms with Crippen molar-refractivity contribution in [3.05, 3.63) is 51.2 Å². The number of rotatable bonds is 7. The minimum absolute atomic E-state index is 0.133. The van der Waals surface area contributed by atoms with E-state index >= 15 is 0 Å². The van der Waals surface area contributed by atoms with E-state index < -0.39 is 34.6 Å². The summed E-state index contributed by atoms with van der Waals surface area (Å²) in [5.41, 5.74) is 3.17. The minimum atomic E-state index is -4.55. The van der Waals surface area contributed by atoms with Crippen LogP contribution in [-0.2, 0) is 22.9 Å². The summed E-state index contributed by atoms with van der Waals surface area (Å²) in [6.07, 6.45) is -0.605. The van der Waals surface area contributed by atoms with Gasteiger partial charge in [0.05, 0.1) is 9.77 Å². The zero-order chi connectivity index (χ0) is 23.5. The molecule has 1 heterocycles. The summed E-state index contributed by atoms with van der Waals surface area (Å²) in [7, 11) is -4.15. The topological polar surface area (TPSA) is 104 Å². The van der Waals surface area contributed by atoms with Crippen molar-refractivity contribution in [3.8, 4) is 0 Å². The highest BCUT2D eigenvalue weighted by atomic mass is 32.2. The third-order valence-corrected chi connectivity index (χ3v) is 7.66. The quantitative estimate of drug-likeness (QED) is 0.520. The van der Waals surface area contributed by atoms with Gasteiger partial charge in [-0.05, 0) is 61.1 Å². The maximum absolute atomic E-state index is 12.4. The summed E-state index contributed by atoms with van der Waals surface area (Å²) >= 11 is 1.34. The van der Waals surface area contributed by atoms with E-state index in [2.05, 4.69) is 12.3 Å². The highest BCUT2D eigenvalue weighted by Crippen LogP contribution is 2.33. The molecule has 3 rings (SSSR count). The smallest absolute Gasteiger partial charge is 0.343 e. The molecular formula is C20H22F3N3O4S2. The van der Waals surface area contributed by atoms with Gasteiger partial charge in [-0.1, -0.05) is 13.3 Å². The molecule has 7 nitrogen and oxygen atoms in total. The standard InChI is InChI=1S/C20H22F3N3O4S2/c1-2-12-3-8-16-14(9-12)10-17(31-16)19(28)25-26-32(29,30)15-6-4-13(5-7-15)18(27)24-11-20(21,22)23/h4-7,10,12,26H,2-3,8-9,11H2,1H3,(H,24,27)(H,25,28)/t12-/m1/s1. The molecule has 1 aliphatic carbocycles. The molecule has 0 saturated heterocycles. The van der Waals surface area contributed by atoms with Gasteiger partial charge in [-0.2, -0.15) is 13.2 Å². The molecule has 0 saturated carbocycles. The van der Waals surface area contributed by atoms with Crippen LogP contribution in [0.5, 0.6) is 0 Å². The molecule has 2 amide bonds. The molecule has 0 bridgehead atoms. The molecule has 32 heavy (non-hydrogen) atoms. The fourth-order valence-electron chi connectivity index (χ4n) is 3.36. The Kier molecular flexibility index (Phi) is 7.25. The number of carbonyl (C=O) groups is 2. The molecule has 1 aromatic heterocycles. The van der Waals surface area contributed by atoms with E-state index in [4.69, 9.17) is 0 Å². The number of carbonyl (C=O) groups excluding carboxylic acids is 2. The average molecular weight is 490 g/mol. The Bertz CT molecular complexity index is 1100. The fourth-order valence-corrected chi connectivity index (χ4v) is 5.30. The Hall–Kier alpha value is -2.44. The number of hydrogen-bond donors (Lipinski definition) is 3. The predicted octanol–water partition coefficient (Wildman–Crippen LogP) is 3.18. The number of benzene rings is 1. The summed E-state index contributed by atoms with van der Waals surface area (Å²) in [5, 5.41) is 1.70. The van der Waals surface area contributed by atoms with Crippen molar-refractivity contribution in [1.29, 1.82) is 0 Å². The SMILES string of the molecule is CC[C@@H]1CCc2sc(C(=O)NNS(=O)(=O)c3ccc(C(=O)NCC(F)(F)F)cc3)cc2C1. The summed E-state index contributed by atoms with van der Waals surface area (Å²) in [6.45, 7) is 0.636. The van der Waals surface area contributed by atoms with Gasteiger partial charge in [-0.25, -0.2) is 8.42 Å². The Labute approximate surface area is 187 Å². The van der Waals surface area contributed by atoms with Gasteiger partial charge >= 0.3 is 6.18 Å². The third-order valence-electron chi connectivity index (χ3n) is 5.16. The zero-order valence-corrected chi connectivity index (χ0v) is 18.7. The van der Waals surface area contributed by atoms with Crippen LogP contribution in [0.25, 0.3) is 0 Å². The maximum Gasteiger partial charge on any atom is 0.405 e. The number of aryl methyl sites for hydroxylation is 1. The van der Waals surface area contributed by atoms with Crippen molar-refractivity contribution in [2.75, 3.05) is 6.54 Å². The molecule has 2 aromatic rings. The van der Waals surface area contributed by atoms with E-state index in [0.29, 0.717) is 10.8 Å². The van der Waals surface area contributed by atoms with E-state index in [-0.39, 0.29) is 10.5 Å².